The number of rotatable bonds is 6. The Morgan fingerprint density at radius 3 is 2.57 bits per heavy atom. The predicted molar refractivity (Wildman–Crippen MR) is 126 cm³/mol. The highest BCUT2D eigenvalue weighted by Crippen LogP contribution is 2.19. The number of nitrogens with two attached hydrogens (primary N) is 1. The molecule has 5 N–H and O–H groups in total. The van der Waals surface area contributed by atoms with Crippen LogP contribution in [0.5, 0.6) is 0 Å². The lowest BCUT2D eigenvalue weighted by Gasteiger charge is -2.02. The highest BCUT2D eigenvalue weighted by Gasteiger charge is 2.02. The Bertz CT molecular complexity index is 1320. The zero-order valence-corrected chi connectivity index (χ0v) is 16.7. The van der Waals surface area contributed by atoms with Crippen LogP contribution in [0.3, 0.4) is 0 Å². The van der Waals surface area contributed by atoms with Gasteiger partial charge in [0.15, 0.2) is 0 Å². The summed E-state index contributed by atoms with van der Waals surface area (Å²) in [6.45, 7) is 1.75. The number of nitrogens with one attached hydrogen (secondary N) is 3. The zero-order valence-electron chi connectivity index (χ0n) is 16.7. The summed E-state index contributed by atoms with van der Waals surface area (Å²) in [6.07, 6.45) is 9.15. The van der Waals surface area contributed by atoms with E-state index in [9.17, 15) is 0 Å². The molecule has 0 aliphatic heterocycles. The lowest BCUT2D eigenvalue weighted by Crippen LogP contribution is -2.10. The molecular formula is C25H23N5. The maximum absolute atomic E-state index is 7.76. The van der Waals surface area contributed by atoms with E-state index in [1.165, 1.54) is 0 Å². The average Bonchev–Trinajstić information content (AvgIpc) is 3.14. The van der Waals surface area contributed by atoms with Gasteiger partial charge >= 0.3 is 0 Å². The number of nitrogen functional groups attached to an aromatic ring is 1. The molecule has 0 atom stereocenters. The standard InChI is InChI=1S/C25H23N5/c1-16(26)22-11-9-18-8-7-17(13-24(18)30-22)5-3-2-4-6-21-15-20-14-19(25(27)28)10-12-23(20)29-21/h3-15,26,29H,2H2,1H3,(H3,27,28)/b5-3+,6-4+,26-16?. The molecule has 0 fully saturated rings. The molecule has 2 aromatic heterocycles. The van der Waals surface area contributed by atoms with Gasteiger partial charge in [-0.1, -0.05) is 36.4 Å². The monoisotopic (exact) mass is 393 g/mol. The number of nitrogens with zero attached hydrogens (tertiary/aromatic N) is 1. The number of benzene rings is 2. The Morgan fingerprint density at radius 1 is 0.967 bits per heavy atom. The molecule has 0 amide bonds. The van der Waals surface area contributed by atoms with Crippen LogP contribution in [0.15, 0.2) is 66.7 Å². The second-order valence-electron chi connectivity index (χ2n) is 7.25. The second kappa shape index (κ2) is 8.17. The van der Waals surface area contributed by atoms with E-state index in [1.807, 2.05) is 36.4 Å². The van der Waals surface area contributed by atoms with Crippen molar-refractivity contribution in [1.29, 1.82) is 10.8 Å². The van der Waals surface area contributed by atoms with Crippen molar-refractivity contribution in [1.82, 2.24) is 9.97 Å². The average molecular weight is 393 g/mol. The van der Waals surface area contributed by atoms with Crippen molar-refractivity contribution >= 4 is 45.5 Å². The lowest BCUT2D eigenvalue weighted by molar-refractivity contribution is 1.32. The lowest BCUT2D eigenvalue weighted by atomic mass is 10.1. The number of pyridine rings is 1. The van der Waals surface area contributed by atoms with Crippen LogP contribution in [0, 0.1) is 10.8 Å². The molecule has 4 rings (SSSR count). The highest BCUT2D eigenvalue weighted by molar-refractivity contribution is 5.99. The Labute approximate surface area is 175 Å². The van der Waals surface area contributed by atoms with Gasteiger partial charge < -0.3 is 16.1 Å². The molecule has 0 aliphatic carbocycles. The van der Waals surface area contributed by atoms with Crippen LogP contribution in [0.2, 0.25) is 0 Å². The molecule has 0 bridgehead atoms. The molecule has 5 heteroatoms. The summed E-state index contributed by atoms with van der Waals surface area (Å²) in [5.41, 5.74) is 11.5. The molecular weight excluding hydrogens is 370 g/mol. The van der Waals surface area contributed by atoms with E-state index in [2.05, 4.69) is 52.5 Å². The van der Waals surface area contributed by atoms with Crippen LogP contribution < -0.4 is 5.73 Å². The first-order valence-corrected chi connectivity index (χ1v) is 9.76. The summed E-state index contributed by atoms with van der Waals surface area (Å²) >= 11 is 0. The fraction of sp³-hybridized carbons (Fsp3) is 0.0800. The molecule has 0 saturated heterocycles. The third kappa shape index (κ3) is 4.20. The van der Waals surface area contributed by atoms with E-state index in [0.29, 0.717) is 11.4 Å². The molecule has 30 heavy (non-hydrogen) atoms. The molecule has 0 aliphatic rings. The largest absolute Gasteiger partial charge is 0.384 e. The fourth-order valence-corrected chi connectivity index (χ4v) is 3.34. The van der Waals surface area contributed by atoms with Crippen LogP contribution in [0.4, 0.5) is 0 Å². The summed E-state index contributed by atoms with van der Waals surface area (Å²) in [5.74, 6) is 0.0772. The third-order valence-electron chi connectivity index (χ3n) is 4.93. The van der Waals surface area contributed by atoms with Crippen molar-refractivity contribution in [3.05, 3.63) is 89.3 Å². The molecule has 0 saturated carbocycles. The molecule has 2 aromatic carbocycles. The summed E-state index contributed by atoms with van der Waals surface area (Å²) in [6, 6.07) is 17.8. The molecule has 5 nitrogen and oxygen atoms in total. The maximum Gasteiger partial charge on any atom is 0.122 e. The van der Waals surface area contributed by atoms with E-state index in [0.717, 1.165) is 45.0 Å². The zero-order chi connectivity index (χ0) is 21.1. The summed E-state index contributed by atoms with van der Waals surface area (Å²) in [7, 11) is 0. The second-order valence-corrected chi connectivity index (χ2v) is 7.25. The van der Waals surface area contributed by atoms with Crippen LogP contribution >= 0.6 is 0 Å². The van der Waals surface area contributed by atoms with Gasteiger partial charge in [-0.25, -0.2) is 4.98 Å². The number of amidine groups is 1. The van der Waals surface area contributed by atoms with Gasteiger partial charge in [-0.2, -0.15) is 0 Å². The van der Waals surface area contributed by atoms with Crippen molar-refractivity contribution in [3.8, 4) is 0 Å². The van der Waals surface area contributed by atoms with Gasteiger partial charge in [-0.3, -0.25) is 5.41 Å². The number of H-pyrrole nitrogens is 1. The smallest absolute Gasteiger partial charge is 0.122 e. The fourth-order valence-electron chi connectivity index (χ4n) is 3.34. The van der Waals surface area contributed by atoms with Crippen molar-refractivity contribution in [3.63, 3.8) is 0 Å². The van der Waals surface area contributed by atoms with Gasteiger partial charge in [0.1, 0.15) is 5.84 Å². The van der Waals surface area contributed by atoms with Gasteiger partial charge in [0.2, 0.25) is 0 Å². The maximum atomic E-state index is 7.76. The van der Waals surface area contributed by atoms with Crippen LogP contribution in [0.1, 0.15) is 35.9 Å². The van der Waals surface area contributed by atoms with Crippen LogP contribution in [-0.4, -0.2) is 21.5 Å². The van der Waals surface area contributed by atoms with Crippen LogP contribution in [-0.2, 0) is 0 Å². The molecule has 0 radical (unpaired) electrons. The number of aromatic amines is 1. The minimum Gasteiger partial charge on any atom is -0.384 e. The quantitative estimate of drug-likeness (QED) is 0.256. The molecule has 148 valence electrons. The van der Waals surface area contributed by atoms with Gasteiger partial charge in [-0.05, 0) is 61.4 Å². The first-order chi connectivity index (χ1) is 14.5. The molecule has 0 spiro atoms. The summed E-state index contributed by atoms with van der Waals surface area (Å²) in [4.78, 5) is 7.92. The van der Waals surface area contributed by atoms with E-state index >= 15 is 0 Å². The Hall–Kier alpha value is -3.99. The van der Waals surface area contributed by atoms with E-state index in [1.54, 1.807) is 6.92 Å². The number of hydrogen-bond donors (Lipinski definition) is 4. The van der Waals surface area contributed by atoms with Gasteiger partial charge in [0.25, 0.3) is 0 Å². The van der Waals surface area contributed by atoms with Crippen LogP contribution in [0.25, 0.3) is 34.0 Å². The summed E-state index contributed by atoms with van der Waals surface area (Å²) in [5, 5.41) is 17.4. The minimum atomic E-state index is 0.0772. The van der Waals surface area contributed by atoms with E-state index < -0.39 is 0 Å². The SMILES string of the molecule is CC(=N)c1ccc2ccc(/C=C/C/C=C/c3cc4cc(C(=N)N)ccc4[nH]3)cc2n1. The summed E-state index contributed by atoms with van der Waals surface area (Å²) < 4.78 is 0. The Balaban J connectivity index is 1.44. The van der Waals surface area contributed by atoms with Gasteiger partial charge in [0, 0.05) is 27.5 Å². The van der Waals surface area contributed by atoms with Crippen molar-refractivity contribution in [2.24, 2.45) is 5.73 Å². The normalized spacial score (nSPS) is 11.8. The van der Waals surface area contributed by atoms with Crippen molar-refractivity contribution < 1.29 is 0 Å². The number of hydrogen-bond acceptors (Lipinski definition) is 3. The molecule has 0 unspecified atom stereocenters. The number of fused-ring (bicyclic) bond motifs is 2. The topological polar surface area (TPSA) is 102 Å². The number of aromatic nitrogens is 2. The minimum absolute atomic E-state index is 0.0772. The van der Waals surface area contributed by atoms with E-state index in [-0.39, 0.29) is 5.84 Å². The van der Waals surface area contributed by atoms with Crippen molar-refractivity contribution in [2.45, 2.75) is 13.3 Å². The van der Waals surface area contributed by atoms with Crippen molar-refractivity contribution in [2.75, 3.05) is 0 Å². The first-order valence-electron chi connectivity index (χ1n) is 9.76. The Morgan fingerprint density at radius 2 is 1.77 bits per heavy atom. The first kappa shape index (κ1) is 19.3. The predicted octanol–water partition coefficient (Wildman–Crippen LogP) is 5.50. The van der Waals surface area contributed by atoms with Gasteiger partial charge in [0.05, 0.1) is 16.9 Å². The highest BCUT2D eigenvalue weighted by atomic mass is 14.7. The Kier molecular flexibility index (Phi) is 5.26. The van der Waals surface area contributed by atoms with E-state index in [4.69, 9.17) is 16.6 Å². The number of allylic oxidation sites excluding steroid dienone is 2. The third-order valence-corrected chi connectivity index (χ3v) is 4.93. The molecule has 4 aromatic rings. The van der Waals surface area contributed by atoms with Gasteiger partial charge in [-0.15, -0.1) is 0 Å². The molecule has 2 heterocycles.